The monoisotopic (exact) mass is 370 g/mol. The van der Waals surface area contributed by atoms with Crippen LogP contribution in [0.1, 0.15) is 13.3 Å². The third-order valence-electron chi connectivity index (χ3n) is 2.89. The van der Waals surface area contributed by atoms with Crippen molar-refractivity contribution in [3.63, 3.8) is 0 Å². The van der Waals surface area contributed by atoms with Gasteiger partial charge < -0.3 is 17.1 Å². The van der Waals surface area contributed by atoms with Crippen LogP contribution >= 0.6 is 0 Å². The van der Waals surface area contributed by atoms with Gasteiger partial charge in [0.2, 0.25) is 0 Å². The number of hydrogen-bond acceptors (Lipinski definition) is 4. The molecule has 0 rings (SSSR count). The topological polar surface area (TPSA) is 47.9 Å². The average molecular weight is 371 g/mol. The summed E-state index contributed by atoms with van der Waals surface area (Å²) in [6.45, 7) is 19.1. The highest BCUT2D eigenvalue weighted by molar-refractivity contribution is 6.93. The second kappa shape index (κ2) is 8.53. The highest BCUT2D eigenvalue weighted by atomic mass is 28.5. The standard InChI is InChI=1S/C11H34O4Si5/c1-10-11(19(8,9)12)20(13-16(2)3,14-17(4)5)15-18(6)7/h11-12,16-18H,10H2,1-9H3. The zero-order valence-electron chi connectivity index (χ0n) is 14.7. The Balaban J connectivity index is 5.65. The summed E-state index contributed by atoms with van der Waals surface area (Å²) in [6.07, 6.45) is 0.880. The molecule has 0 aliphatic heterocycles. The Kier molecular flexibility index (Phi) is 8.92. The van der Waals surface area contributed by atoms with Gasteiger partial charge in [-0.25, -0.2) is 0 Å². The molecule has 0 bridgehead atoms. The van der Waals surface area contributed by atoms with Crippen molar-refractivity contribution in [2.24, 2.45) is 0 Å². The molecule has 122 valence electrons. The summed E-state index contributed by atoms with van der Waals surface area (Å²) in [5.41, 5.74) is 0. The molecule has 1 unspecified atom stereocenters. The van der Waals surface area contributed by atoms with Crippen molar-refractivity contribution in [1.29, 1.82) is 0 Å². The van der Waals surface area contributed by atoms with Crippen LogP contribution in [-0.2, 0) is 12.3 Å². The first kappa shape index (κ1) is 20.9. The van der Waals surface area contributed by atoms with E-state index in [2.05, 4.69) is 46.2 Å². The van der Waals surface area contributed by atoms with E-state index >= 15 is 0 Å². The first-order valence-corrected chi connectivity index (χ1v) is 20.9. The van der Waals surface area contributed by atoms with Crippen LogP contribution in [0.4, 0.5) is 0 Å². The van der Waals surface area contributed by atoms with Gasteiger partial charge in [-0.05, 0) is 58.8 Å². The Morgan fingerprint density at radius 3 is 1.30 bits per heavy atom. The van der Waals surface area contributed by atoms with Gasteiger partial charge in [-0.15, -0.1) is 0 Å². The molecule has 0 spiro atoms. The smallest absolute Gasteiger partial charge is 0.432 e. The van der Waals surface area contributed by atoms with Crippen molar-refractivity contribution in [1.82, 2.24) is 0 Å². The van der Waals surface area contributed by atoms with Crippen LogP contribution in [0.25, 0.3) is 0 Å². The Labute approximate surface area is 132 Å². The van der Waals surface area contributed by atoms with Crippen molar-refractivity contribution < 1.29 is 17.1 Å². The van der Waals surface area contributed by atoms with E-state index in [4.69, 9.17) is 12.3 Å². The van der Waals surface area contributed by atoms with E-state index in [1.807, 2.05) is 13.1 Å². The fourth-order valence-electron chi connectivity index (χ4n) is 2.50. The van der Waals surface area contributed by atoms with E-state index in [0.29, 0.717) is 0 Å². The highest BCUT2D eigenvalue weighted by Gasteiger charge is 2.56. The molecule has 4 nitrogen and oxygen atoms in total. The van der Waals surface area contributed by atoms with Crippen LogP contribution < -0.4 is 0 Å². The molecule has 0 aromatic heterocycles. The highest BCUT2D eigenvalue weighted by Crippen LogP contribution is 2.37. The summed E-state index contributed by atoms with van der Waals surface area (Å²) in [5, 5.41) is 0.0923. The molecule has 0 aromatic rings. The molecule has 0 radical (unpaired) electrons. The first-order valence-electron chi connectivity index (χ1n) is 7.70. The predicted octanol–water partition coefficient (Wildman–Crippen LogP) is 2.44. The molecule has 0 saturated heterocycles. The molecule has 0 aliphatic carbocycles. The third-order valence-corrected chi connectivity index (χ3v) is 19.0. The van der Waals surface area contributed by atoms with Crippen LogP contribution in [0, 0.1) is 0 Å². The summed E-state index contributed by atoms with van der Waals surface area (Å²) in [7, 11) is -8.99. The van der Waals surface area contributed by atoms with E-state index in [1.54, 1.807) is 0 Å². The van der Waals surface area contributed by atoms with Gasteiger partial charge in [0.15, 0.2) is 35.4 Å². The SMILES string of the molecule is CCC([Si](C)(C)O)[Si](O[SiH](C)C)(O[SiH](C)C)O[SiH](C)C. The van der Waals surface area contributed by atoms with Crippen LogP contribution in [0.3, 0.4) is 0 Å². The quantitative estimate of drug-likeness (QED) is 0.633. The molecule has 0 saturated carbocycles. The molecule has 0 amide bonds. The molecular weight excluding hydrogens is 337 g/mol. The second-order valence-corrected chi connectivity index (χ2v) is 22.3. The van der Waals surface area contributed by atoms with Crippen LogP contribution in [0.15, 0.2) is 0 Å². The van der Waals surface area contributed by atoms with E-state index in [-0.39, 0.29) is 5.16 Å². The Hall–Kier alpha value is 0.924. The summed E-state index contributed by atoms with van der Waals surface area (Å²) in [6, 6.07) is 0. The van der Waals surface area contributed by atoms with Crippen LogP contribution in [0.5, 0.6) is 0 Å². The van der Waals surface area contributed by atoms with Crippen LogP contribution in [-0.4, -0.2) is 49.0 Å². The Morgan fingerprint density at radius 1 is 0.850 bits per heavy atom. The largest absolute Gasteiger partial charge is 0.471 e. The van der Waals surface area contributed by atoms with Gasteiger partial charge in [-0.1, -0.05) is 6.92 Å². The summed E-state index contributed by atoms with van der Waals surface area (Å²) in [4.78, 5) is 10.7. The van der Waals surface area contributed by atoms with Gasteiger partial charge in [-0.3, -0.25) is 0 Å². The predicted molar refractivity (Wildman–Crippen MR) is 99.4 cm³/mol. The Bertz CT molecular complexity index is 254. The zero-order valence-corrected chi connectivity index (χ0v) is 20.2. The van der Waals surface area contributed by atoms with Crippen LogP contribution in [0.2, 0.25) is 57.5 Å². The minimum absolute atomic E-state index is 0.0923. The van der Waals surface area contributed by atoms with Crippen molar-refractivity contribution in [2.45, 2.75) is 70.9 Å². The van der Waals surface area contributed by atoms with Crippen molar-refractivity contribution in [3.8, 4) is 0 Å². The maximum atomic E-state index is 10.7. The minimum Gasteiger partial charge on any atom is -0.432 e. The molecule has 0 aromatic carbocycles. The summed E-state index contributed by atoms with van der Waals surface area (Å²) >= 11 is 0. The van der Waals surface area contributed by atoms with Gasteiger partial charge in [0, 0.05) is 5.16 Å². The lowest BCUT2D eigenvalue weighted by atomic mass is 10.6. The van der Waals surface area contributed by atoms with E-state index in [1.165, 1.54) is 0 Å². The fourth-order valence-corrected chi connectivity index (χ4v) is 21.3. The van der Waals surface area contributed by atoms with Gasteiger partial charge in [0.1, 0.15) is 0 Å². The van der Waals surface area contributed by atoms with E-state index in [9.17, 15) is 4.80 Å². The normalized spacial score (nSPS) is 15.4. The van der Waals surface area contributed by atoms with Gasteiger partial charge in [-0.2, -0.15) is 0 Å². The van der Waals surface area contributed by atoms with E-state index < -0.39 is 44.2 Å². The Morgan fingerprint density at radius 2 is 1.15 bits per heavy atom. The van der Waals surface area contributed by atoms with E-state index in [0.717, 1.165) is 6.42 Å². The summed E-state index contributed by atoms with van der Waals surface area (Å²) in [5.74, 6) is 0. The van der Waals surface area contributed by atoms with Crippen molar-refractivity contribution >= 4 is 44.2 Å². The molecule has 20 heavy (non-hydrogen) atoms. The fraction of sp³-hybridized carbons (Fsp3) is 1.00. The maximum Gasteiger partial charge on any atom is 0.471 e. The number of rotatable bonds is 9. The molecule has 0 heterocycles. The molecule has 0 fully saturated rings. The average Bonchev–Trinajstić information content (AvgIpc) is 2.10. The molecular formula is C11H34O4Si5. The van der Waals surface area contributed by atoms with Crippen molar-refractivity contribution in [2.75, 3.05) is 0 Å². The minimum atomic E-state index is -2.75. The molecule has 0 aliphatic rings. The zero-order chi connectivity index (χ0) is 16.1. The van der Waals surface area contributed by atoms with Gasteiger partial charge >= 0.3 is 8.80 Å². The lowest BCUT2D eigenvalue weighted by molar-refractivity contribution is 0.256. The second-order valence-electron chi connectivity index (χ2n) is 6.72. The molecule has 9 heteroatoms. The number of hydrogen-bond donors (Lipinski definition) is 1. The van der Waals surface area contributed by atoms with Gasteiger partial charge in [0.25, 0.3) is 0 Å². The molecule has 1 N–H and O–H groups in total. The van der Waals surface area contributed by atoms with Crippen molar-refractivity contribution in [3.05, 3.63) is 0 Å². The first-order chi connectivity index (χ1) is 8.94. The summed E-state index contributed by atoms with van der Waals surface area (Å²) < 4.78 is 19.2. The third kappa shape index (κ3) is 6.79. The lowest BCUT2D eigenvalue weighted by Crippen LogP contribution is -2.62. The molecule has 1 atom stereocenters. The lowest BCUT2D eigenvalue weighted by Gasteiger charge is -2.43. The van der Waals surface area contributed by atoms with Gasteiger partial charge in [0.05, 0.1) is 0 Å². The maximum absolute atomic E-state index is 10.7.